The summed E-state index contributed by atoms with van der Waals surface area (Å²) >= 11 is 12.0. The predicted octanol–water partition coefficient (Wildman–Crippen LogP) is 4.37. The highest BCUT2D eigenvalue weighted by atomic mass is 35.5. The topological polar surface area (TPSA) is 9.23 Å². The van der Waals surface area contributed by atoms with E-state index in [1.54, 1.807) is 18.2 Å². The van der Waals surface area contributed by atoms with Gasteiger partial charge in [-0.3, -0.25) is 0 Å². The zero-order valence-electron chi connectivity index (χ0n) is 8.41. The first-order valence-corrected chi connectivity index (χ1v) is 5.55. The molecular weight excluding hydrogens is 243 g/mol. The average Bonchev–Trinajstić information content (AvgIpc) is 2.30. The molecule has 1 radical (unpaired) electrons. The standard InChI is InChI=1S/C13H9Cl2O/c14-12-7-4-8-13(15)11(12)9-16-10-5-2-1-3-6-10/h1-5,7-8H,9H2. The van der Waals surface area contributed by atoms with Gasteiger partial charge in [-0.1, -0.05) is 47.5 Å². The van der Waals surface area contributed by atoms with Crippen molar-refractivity contribution in [2.45, 2.75) is 6.61 Å². The molecule has 2 aromatic rings. The Morgan fingerprint density at radius 2 is 1.75 bits per heavy atom. The summed E-state index contributed by atoms with van der Waals surface area (Å²) in [7, 11) is 0. The van der Waals surface area contributed by atoms with Crippen LogP contribution in [0.3, 0.4) is 0 Å². The molecule has 0 unspecified atom stereocenters. The number of para-hydroxylation sites is 1. The molecule has 0 N–H and O–H groups in total. The molecule has 2 rings (SSSR count). The van der Waals surface area contributed by atoms with Crippen LogP contribution in [0, 0.1) is 6.07 Å². The molecule has 0 aliphatic heterocycles. The van der Waals surface area contributed by atoms with Gasteiger partial charge in [0, 0.05) is 21.7 Å². The van der Waals surface area contributed by atoms with Gasteiger partial charge in [-0.25, -0.2) is 0 Å². The molecule has 16 heavy (non-hydrogen) atoms. The summed E-state index contributed by atoms with van der Waals surface area (Å²) in [6.45, 7) is 0.346. The lowest BCUT2D eigenvalue weighted by Gasteiger charge is -2.08. The highest BCUT2D eigenvalue weighted by molar-refractivity contribution is 6.35. The van der Waals surface area contributed by atoms with Crippen molar-refractivity contribution >= 4 is 23.2 Å². The number of halogens is 2. The molecule has 0 heterocycles. The van der Waals surface area contributed by atoms with E-state index in [1.165, 1.54) is 0 Å². The Kier molecular flexibility index (Phi) is 3.70. The second-order valence-corrected chi connectivity index (χ2v) is 4.03. The number of benzene rings is 2. The molecule has 0 atom stereocenters. The van der Waals surface area contributed by atoms with Gasteiger partial charge in [0.25, 0.3) is 0 Å². The Hall–Kier alpha value is -1.18. The van der Waals surface area contributed by atoms with Crippen molar-refractivity contribution in [3.05, 3.63) is 64.1 Å². The predicted molar refractivity (Wildman–Crippen MR) is 66.1 cm³/mol. The van der Waals surface area contributed by atoms with Crippen molar-refractivity contribution in [3.63, 3.8) is 0 Å². The minimum atomic E-state index is 0.346. The quantitative estimate of drug-likeness (QED) is 0.787. The van der Waals surface area contributed by atoms with Gasteiger partial charge in [-0.05, 0) is 18.2 Å². The molecule has 0 bridgehead atoms. The van der Waals surface area contributed by atoms with Crippen LogP contribution in [0.2, 0.25) is 10.0 Å². The lowest BCUT2D eigenvalue weighted by Crippen LogP contribution is -1.97. The minimum Gasteiger partial charge on any atom is -0.488 e. The van der Waals surface area contributed by atoms with E-state index in [-0.39, 0.29) is 0 Å². The lowest BCUT2D eigenvalue weighted by molar-refractivity contribution is 0.305. The summed E-state index contributed by atoms with van der Waals surface area (Å²) in [5.74, 6) is 0.679. The van der Waals surface area contributed by atoms with E-state index in [0.29, 0.717) is 22.4 Å². The number of rotatable bonds is 3. The summed E-state index contributed by atoms with van der Waals surface area (Å²) in [5, 5.41) is 1.23. The maximum atomic E-state index is 6.02. The van der Waals surface area contributed by atoms with Crippen molar-refractivity contribution in [1.82, 2.24) is 0 Å². The highest BCUT2D eigenvalue weighted by Gasteiger charge is 2.05. The van der Waals surface area contributed by atoms with E-state index in [2.05, 4.69) is 6.07 Å². The fraction of sp³-hybridized carbons (Fsp3) is 0.0769. The first-order chi connectivity index (χ1) is 7.77. The molecule has 0 saturated carbocycles. The Morgan fingerprint density at radius 3 is 2.38 bits per heavy atom. The monoisotopic (exact) mass is 251 g/mol. The third-order valence-electron chi connectivity index (χ3n) is 2.11. The van der Waals surface area contributed by atoms with Gasteiger partial charge < -0.3 is 4.74 Å². The number of hydrogen-bond donors (Lipinski definition) is 0. The number of ether oxygens (including phenoxy) is 1. The third kappa shape index (κ3) is 2.69. The first-order valence-electron chi connectivity index (χ1n) is 4.80. The van der Waals surface area contributed by atoms with Gasteiger partial charge in [0.15, 0.2) is 0 Å². The second-order valence-electron chi connectivity index (χ2n) is 3.22. The lowest BCUT2D eigenvalue weighted by atomic mass is 10.2. The molecule has 0 aliphatic carbocycles. The summed E-state index contributed by atoms with van der Waals surface area (Å²) in [6, 6.07) is 15.8. The van der Waals surface area contributed by atoms with Crippen LogP contribution in [-0.2, 0) is 6.61 Å². The van der Waals surface area contributed by atoms with Crippen LogP contribution in [0.1, 0.15) is 5.56 Å². The van der Waals surface area contributed by atoms with Crippen LogP contribution in [0.4, 0.5) is 0 Å². The van der Waals surface area contributed by atoms with E-state index < -0.39 is 0 Å². The molecule has 3 heteroatoms. The van der Waals surface area contributed by atoms with Crippen LogP contribution in [0.15, 0.2) is 42.5 Å². The summed E-state index contributed by atoms with van der Waals surface area (Å²) in [6.07, 6.45) is 0. The first kappa shape index (κ1) is 11.3. The molecule has 81 valence electrons. The molecule has 0 aromatic heterocycles. The molecular formula is C13H9Cl2O. The van der Waals surface area contributed by atoms with Gasteiger partial charge in [0.2, 0.25) is 0 Å². The normalized spacial score (nSPS) is 10.1. The van der Waals surface area contributed by atoms with Crippen molar-refractivity contribution in [2.24, 2.45) is 0 Å². The van der Waals surface area contributed by atoms with Gasteiger partial charge in [-0.2, -0.15) is 0 Å². The maximum Gasteiger partial charge on any atom is 0.127 e. The fourth-order valence-electron chi connectivity index (χ4n) is 1.29. The van der Waals surface area contributed by atoms with Gasteiger partial charge >= 0.3 is 0 Å². The average molecular weight is 252 g/mol. The third-order valence-corrected chi connectivity index (χ3v) is 2.82. The molecule has 1 nitrogen and oxygen atoms in total. The van der Waals surface area contributed by atoms with Crippen LogP contribution >= 0.6 is 23.2 Å². The molecule has 0 fully saturated rings. The van der Waals surface area contributed by atoms with E-state index in [0.717, 1.165) is 5.56 Å². The van der Waals surface area contributed by atoms with E-state index in [9.17, 15) is 0 Å². The molecule has 2 aromatic carbocycles. The van der Waals surface area contributed by atoms with E-state index >= 15 is 0 Å². The Bertz CT molecular complexity index is 448. The van der Waals surface area contributed by atoms with Gasteiger partial charge in [0.1, 0.15) is 12.4 Å². The van der Waals surface area contributed by atoms with Gasteiger partial charge in [-0.15, -0.1) is 0 Å². The largest absolute Gasteiger partial charge is 0.488 e. The Labute approximate surface area is 105 Å². The zero-order valence-corrected chi connectivity index (χ0v) is 9.92. The van der Waals surface area contributed by atoms with E-state index in [4.69, 9.17) is 27.9 Å². The molecule has 0 amide bonds. The number of hydrogen-bond acceptors (Lipinski definition) is 1. The molecule has 0 spiro atoms. The van der Waals surface area contributed by atoms with Crippen molar-refractivity contribution in [1.29, 1.82) is 0 Å². The Balaban J connectivity index is 2.11. The smallest absolute Gasteiger partial charge is 0.127 e. The maximum absolute atomic E-state index is 6.02. The van der Waals surface area contributed by atoms with Crippen LogP contribution < -0.4 is 4.74 Å². The van der Waals surface area contributed by atoms with Crippen LogP contribution in [-0.4, -0.2) is 0 Å². The van der Waals surface area contributed by atoms with Gasteiger partial charge in [0.05, 0.1) is 0 Å². The van der Waals surface area contributed by atoms with Crippen molar-refractivity contribution in [2.75, 3.05) is 0 Å². The van der Waals surface area contributed by atoms with Crippen LogP contribution in [0.25, 0.3) is 0 Å². The molecule has 0 aliphatic rings. The van der Waals surface area contributed by atoms with Crippen LogP contribution in [0.5, 0.6) is 5.75 Å². The Morgan fingerprint density at radius 1 is 1.00 bits per heavy atom. The summed E-state index contributed by atoms with van der Waals surface area (Å²) in [5.41, 5.74) is 0.795. The highest BCUT2D eigenvalue weighted by Crippen LogP contribution is 2.25. The van der Waals surface area contributed by atoms with E-state index in [1.807, 2.05) is 24.3 Å². The fourth-order valence-corrected chi connectivity index (χ4v) is 1.79. The molecule has 0 saturated heterocycles. The van der Waals surface area contributed by atoms with Crippen molar-refractivity contribution in [3.8, 4) is 5.75 Å². The summed E-state index contributed by atoms with van der Waals surface area (Å²) in [4.78, 5) is 0. The zero-order chi connectivity index (χ0) is 11.4. The second kappa shape index (κ2) is 5.24. The SMILES string of the molecule is Clc1cccc(Cl)c1COc1[c]cccc1. The summed E-state index contributed by atoms with van der Waals surface area (Å²) < 4.78 is 5.53. The minimum absolute atomic E-state index is 0.346. The van der Waals surface area contributed by atoms with Crippen molar-refractivity contribution < 1.29 is 4.74 Å².